The number of nitrogens with zero attached hydrogens (tertiary/aromatic N) is 2. The predicted octanol–water partition coefficient (Wildman–Crippen LogP) is 6.90. The molecule has 1 atom stereocenters. The molecule has 2 N–H and O–H groups in total. The second kappa shape index (κ2) is 9.87. The molecule has 0 saturated carbocycles. The van der Waals surface area contributed by atoms with Gasteiger partial charge in [-0.3, -0.25) is 0 Å². The Labute approximate surface area is 216 Å². The maximum Gasteiger partial charge on any atom is 0.418 e. The quantitative estimate of drug-likeness (QED) is 0.241. The molecule has 37 heavy (non-hydrogen) atoms. The lowest BCUT2D eigenvalue weighted by Gasteiger charge is -2.38. The van der Waals surface area contributed by atoms with Gasteiger partial charge in [0.1, 0.15) is 11.6 Å². The Kier molecular flexibility index (Phi) is 7.14. The number of aromatic nitrogens is 2. The van der Waals surface area contributed by atoms with E-state index in [-0.39, 0.29) is 0 Å². The van der Waals surface area contributed by atoms with Gasteiger partial charge in [0.05, 0.1) is 31.1 Å². The van der Waals surface area contributed by atoms with Crippen LogP contribution in [0.1, 0.15) is 25.8 Å². The molecular formula is C27H26ClF4N3O2. The molecule has 0 spiro atoms. The van der Waals surface area contributed by atoms with Crippen molar-refractivity contribution < 1.29 is 27.4 Å². The largest absolute Gasteiger partial charge is 0.496 e. The van der Waals surface area contributed by atoms with Gasteiger partial charge in [-0.2, -0.15) is 18.3 Å². The second-order valence-corrected chi connectivity index (χ2v) is 10.00. The van der Waals surface area contributed by atoms with Crippen molar-refractivity contribution in [3.63, 3.8) is 0 Å². The Morgan fingerprint density at radius 1 is 1.05 bits per heavy atom. The fourth-order valence-corrected chi connectivity index (χ4v) is 4.71. The van der Waals surface area contributed by atoms with Crippen LogP contribution in [0.25, 0.3) is 16.6 Å². The van der Waals surface area contributed by atoms with Crippen LogP contribution in [-0.2, 0) is 5.41 Å². The molecule has 0 fully saturated rings. The first-order chi connectivity index (χ1) is 17.3. The number of ether oxygens (including phenoxy) is 1. The lowest BCUT2D eigenvalue weighted by atomic mass is 9.74. The summed E-state index contributed by atoms with van der Waals surface area (Å²) in [4.78, 5) is 0. The van der Waals surface area contributed by atoms with Crippen molar-refractivity contribution in [2.24, 2.45) is 0 Å². The Morgan fingerprint density at radius 2 is 1.76 bits per heavy atom. The number of anilines is 1. The van der Waals surface area contributed by atoms with Crippen LogP contribution in [0, 0.1) is 5.82 Å². The van der Waals surface area contributed by atoms with Crippen LogP contribution >= 0.6 is 11.6 Å². The molecule has 0 aliphatic heterocycles. The lowest BCUT2D eigenvalue weighted by molar-refractivity contribution is -0.260. The Balaban J connectivity index is 1.64. The fourth-order valence-electron chi connectivity index (χ4n) is 4.55. The molecule has 1 aromatic heterocycles. The average molecular weight is 536 g/mol. The number of aliphatic hydroxyl groups is 1. The molecule has 0 amide bonds. The van der Waals surface area contributed by atoms with Crippen LogP contribution in [0.4, 0.5) is 23.2 Å². The zero-order chi connectivity index (χ0) is 27.0. The van der Waals surface area contributed by atoms with E-state index in [4.69, 9.17) is 16.3 Å². The molecule has 0 aliphatic rings. The number of fused-ring (bicyclic) bond motifs is 1. The summed E-state index contributed by atoms with van der Waals surface area (Å²) in [7, 11) is 1.41. The summed E-state index contributed by atoms with van der Waals surface area (Å²) in [5.74, 6) is -0.0545. The van der Waals surface area contributed by atoms with Crippen molar-refractivity contribution in [1.82, 2.24) is 9.78 Å². The zero-order valence-electron chi connectivity index (χ0n) is 20.4. The first-order valence-electron chi connectivity index (χ1n) is 11.4. The first kappa shape index (κ1) is 26.8. The van der Waals surface area contributed by atoms with Crippen LogP contribution < -0.4 is 10.1 Å². The van der Waals surface area contributed by atoms with E-state index in [1.54, 1.807) is 61.0 Å². The maximum absolute atomic E-state index is 14.3. The first-order valence-corrected chi connectivity index (χ1v) is 11.8. The van der Waals surface area contributed by atoms with Gasteiger partial charge in [0.25, 0.3) is 0 Å². The third-order valence-corrected chi connectivity index (χ3v) is 6.65. The number of methoxy groups -OCH3 is 1. The van der Waals surface area contributed by atoms with E-state index in [9.17, 15) is 22.7 Å². The minimum Gasteiger partial charge on any atom is -0.496 e. The summed E-state index contributed by atoms with van der Waals surface area (Å²) in [5, 5.41) is 19.0. The van der Waals surface area contributed by atoms with Gasteiger partial charge in [-0.15, -0.1) is 0 Å². The van der Waals surface area contributed by atoms with Crippen molar-refractivity contribution in [3.8, 4) is 11.4 Å². The molecule has 0 aliphatic carbocycles. The molecule has 4 aromatic rings. The highest BCUT2D eigenvalue weighted by Gasteiger charge is 2.56. The van der Waals surface area contributed by atoms with Crippen molar-refractivity contribution in [2.45, 2.75) is 37.5 Å². The lowest BCUT2D eigenvalue weighted by Crippen LogP contribution is -2.53. The molecule has 0 saturated heterocycles. The van der Waals surface area contributed by atoms with Crippen LogP contribution in [0.3, 0.4) is 0 Å². The van der Waals surface area contributed by atoms with Crippen molar-refractivity contribution >= 4 is 28.2 Å². The van der Waals surface area contributed by atoms with Gasteiger partial charge in [-0.05, 0) is 65.9 Å². The van der Waals surface area contributed by atoms with E-state index < -0.39 is 36.0 Å². The SMILES string of the molecule is COc1cc(Cl)ccc1C(C)(C)CC(O)(CNc1cccc2c1cnn2-c1ccc(F)cc1)C(F)(F)F. The van der Waals surface area contributed by atoms with Crippen LogP contribution in [0.2, 0.25) is 5.02 Å². The number of halogens is 5. The number of hydrogen-bond donors (Lipinski definition) is 2. The van der Waals surface area contributed by atoms with Crippen molar-refractivity contribution in [1.29, 1.82) is 0 Å². The van der Waals surface area contributed by atoms with Gasteiger partial charge < -0.3 is 15.2 Å². The summed E-state index contributed by atoms with van der Waals surface area (Å²) >= 11 is 6.02. The van der Waals surface area contributed by atoms with Crippen LogP contribution in [-0.4, -0.2) is 40.3 Å². The number of hydrogen-bond acceptors (Lipinski definition) is 4. The predicted molar refractivity (Wildman–Crippen MR) is 136 cm³/mol. The monoisotopic (exact) mass is 535 g/mol. The molecule has 1 unspecified atom stereocenters. The zero-order valence-corrected chi connectivity index (χ0v) is 21.2. The Hall–Kier alpha value is -3.30. The maximum atomic E-state index is 14.3. The van der Waals surface area contributed by atoms with Crippen molar-refractivity contribution in [3.05, 3.63) is 83.3 Å². The summed E-state index contributed by atoms with van der Waals surface area (Å²) in [5.41, 5.74) is -2.13. The van der Waals surface area contributed by atoms with Gasteiger partial charge in [-0.1, -0.05) is 37.6 Å². The molecular weight excluding hydrogens is 510 g/mol. The van der Waals surface area contributed by atoms with Gasteiger partial charge in [0.15, 0.2) is 5.60 Å². The number of alkyl halides is 3. The van der Waals surface area contributed by atoms with Gasteiger partial charge >= 0.3 is 6.18 Å². The normalized spacial score (nSPS) is 14.0. The molecule has 1 heterocycles. The van der Waals surface area contributed by atoms with Gasteiger partial charge in [0.2, 0.25) is 0 Å². The van der Waals surface area contributed by atoms with E-state index in [0.29, 0.717) is 38.6 Å². The van der Waals surface area contributed by atoms with Gasteiger partial charge in [0, 0.05) is 16.1 Å². The second-order valence-electron chi connectivity index (χ2n) is 9.56. The molecule has 0 radical (unpaired) electrons. The third-order valence-electron chi connectivity index (χ3n) is 6.41. The van der Waals surface area contributed by atoms with Gasteiger partial charge in [-0.25, -0.2) is 9.07 Å². The standard InChI is InChI=1S/C27H26ClF4N3O2/c1-25(2,21-12-7-17(28)13-24(21)37-3)15-26(36,27(30,31)32)16-33-22-5-4-6-23-20(22)14-34-35(23)19-10-8-18(29)9-11-19/h4-14,33,36H,15-16H2,1-3H3. The molecule has 0 bridgehead atoms. The summed E-state index contributed by atoms with van der Waals surface area (Å²) in [6, 6.07) is 15.4. The summed E-state index contributed by atoms with van der Waals surface area (Å²) in [6.07, 6.45) is -4.06. The molecule has 10 heteroatoms. The summed E-state index contributed by atoms with van der Waals surface area (Å²) in [6.45, 7) is 2.43. The molecule has 4 rings (SSSR count). The number of benzene rings is 3. The van der Waals surface area contributed by atoms with Crippen molar-refractivity contribution in [2.75, 3.05) is 19.0 Å². The highest BCUT2D eigenvalue weighted by Crippen LogP contribution is 2.44. The average Bonchev–Trinajstić information content (AvgIpc) is 3.27. The molecule has 3 aromatic carbocycles. The number of rotatable bonds is 8. The van der Waals surface area contributed by atoms with Crippen LogP contribution in [0.5, 0.6) is 5.75 Å². The summed E-state index contributed by atoms with van der Waals surface area (Å²) < 4.78 is 63.1. The van der Waals surface area contributed by atoms with E-state index in [2.05, 4.69) is 10.4 Å². The molecule has 5 nitrogen and oxygen atoms in total. The van der Waals surface area contributed by atoms with E-state index in [1.807, 2.05) is 0 Å². The topological polar surface area (TPSA) is 59.3 Å². The fraction of sp³-hybridized carbons (Fsp3) is 0.296. The molecule has 196 valence electrons. The van der Waals surface area contributed by atoms with Crippen LogP contribution in [0.15, 0.2) is 66.9 Å². The third kappa shape index (κ3) is 5.38. The van der Waals surface area contributed by atoms with E-state index >= 15 is 0 Å². The number of nitrogens with one attached hydrogen (secondary N) is 1. The van der Waals surface area contributed by atoms with E-state index in [0.717, 1.165) is 0 Å². The highest BCUT2D eigenvalue weighted by atomic mass is 35.5. The Bertz CT molecular complexity index is 1400. The highest BCUT2D eigenvalue weighted by molar-refractivity contribution is 6.30. The smallest absolute Gasteiger partial charge is 0.418 e. The van der Waals surface area contributed by atoms with E-state index in [1.165, 1.54) is 31.5 Å². The minimum absolute atomic E-state index is 0.341. The minimum atomic E-state index is -4.93. The Morgan fingerprint density at radius 3 is 2.41 bits per heavy atom.